The van der Waals surface area contributed by atoms with Gasteiger partial charge in [0.1, 0.15) is 18.2 Å². The van der Waals surface area contributed by atoms with Crippen molar-refractivity contribution in [2.24, 2.45) is 0 Å². The highest BCUT2D eigenvalue weighted by Gasteiger charge is 2.53. The summed E-state index contributed by atoms with van der Waals surface area (Å²) < 4.78 is 11.7. The topological polar surface area (TPSA) is 157 Å². The van der Waals surface area contributed by atoms with E-state index in [0.717, 1.165) is 10.5 Å². The van der Waals surface area contributed by atoms with E-state index < -0.39 is 46.5 Å². The van der Waals surface area contributed by atoms with Crippen molar-refractivity contribution in [3.63, 3.8) is 0 Å². The lowest BCUT2D eigenvalue weighted by atomic mass is 9.97. The van der Waals surface area contributed by atoms with Crippen molar-refractivity contribution in [1.29, 1.82) is 0 Å². The molecule has 2 N–H and O–H groups in total. The average Bonchev–Trinajstić information content (AvgIpc) is 3.42. The molecule has 13 nitrogen and oxygen atoms in total. The maximum absolute atomic E-state index is 14.1. The highest BCUT2D eigenvalue weighted by molar-refractivity contribution is 6.06. The van der Waals surface area contributed by atoms with Crippen LogP contribution in [0.15, 0.2) is 54.9 Å². The Balaban J connectivity index is 1.45. The minimum atomic E-state index is -1.16. The van der Waals surface area contributed by atoms with Crippen LogP contribution in [0.1, 0.15) is 55.8 Å². The third kappa shape index (κ3) is 6.68. The zero-order valence-corrected chi connectivity index (χ0v) is 25.2. The van der Waals surface area contributed by atoms with E-state index >= 15 is 0 Å². The molecule has 2 aliphatic rings. The Kier molecular flexibility index (Phi) is 9.77. The first kappa shape index (κ1) is 31.6. The van der Waals surface area contributed by atoms with Crippen molar-refractivity contribution in [1.82, 2.24) is 14.5 Å². The number of pyridine rings is 1. The van der Waals surface area contributed by atoms with Gasteiger partial charge in [0.2, 0.25) is 0 Å². The van der Waals surface area contributed by atoms with Crippen molar-refractivity contribution < 1.29 is 43.0 Å². The summed E-state index contributed by atoms with van der Waals surface area (Å²) in [6.45, 7) is 1.86. The molecule has 2 aromatic heterocycles. The number of fused-ring (bicyclic) bond motifs is 1. The van der Waals surface area contributed by atoms with Crippen molar-refractivity contribution >= 4 is 46.7 Å². The summed E-state index contributed by atoms with van der Waals surface area (Å²) in [5.41, 5.74) is 1.75. The minimum Gasteiger partial charge on any atom is -0.465 e. The van der Waals surface area contributed by atoms with E-state index in [4.69, 9.17) is 9.47 Å². The number of carbonyl (C=O) groups excluding carboxylic acids is 4. The molecule has 45 heavy (non-hydrogen) atoms. The van der Waals surface area contributed by atoms with Gasteiger partial charge in [-0.3, -0.25) is 24.0 Å². The number of carbonyl (C=O) groups is 5. The molecular weight excluding hydrogens is 582 g/mol. The van der Waals surface area contributed by atoms with Gasteiger partial charge < -0.3 is 19.9 Å². The Morgan fingerprint density at radius 1 is 1.00 bits per heavy atom. The Labute approximate surface area is 260 Å². The first-order valence-corrected chi connectivity index (χ1v) is 15.3. The largest absolute Gasteiger partial charge is 0.517 e. The van der Waals surface area contributed by atoms with E-state index in [1.807, 2.05) is 30.3 Å². The van der Waals surface area contributed by atoms with E-state index in [2.05, 4.69) is 10.3 Å². The first-order valence-electron chi connectivity index (χ1n) is 15.3. The molecule has 3 amide bonds. The van der Waals surface area contributed by atoms with Gasteiger partial charge in [-0.15, -0.1) is 0 Å². The van der Waals surface area contributed by atoms with Crippen LogP contribution < -0.4 is 5.32 Å². The number of quaternary nitrogens is 1. The zero-order valence-electron chi connectivity index (χ0n) is 25.2. The molecule has 13 heteroatoms. The summed E-state index contributed by atoms with van der Waals surface area (Å²) in [7, 11) is 0. The van der Waals surface area contributed by atoms with Crippen LogP contribution in [0.2, 0.25) is 0 Å². The van der Waals surface area contributed by atoms with Crippen molar-refractivity contribution in [2.75, 3.05) is 31.6 Å². The number of hydrogen-bond donors (Lipinski definition) is 2. The molecule has 0 radical (unpaired) electrons. The molecule has 0 bridgehead atoms. The summed E-state index contributed by atoms with van der Waals surface area (Å²) >= 11 is 0. The van der Waals surface area contributed by atoms with Gasteiger partial charge in [0, 0.05) is 25.4 Å². The van der Waals surface area contributed by atoms with Gasteiger partial charge in [-0.1, -0.05) is 30.3 Å². The number of nitrogens with zero attached hydrogens (tertiary/aromatic N) is 4. The first-order chi connectivity index (χ1) is 21.7. The van der Waals surface area contributed by atoms with Gasteiger partial charge in [-0.05, 0) is 56.7 Å². The number of carboxylic acid groups (broad SMARTS) is 1. The van der Waals surface area contributed by atoms with Gasteiger partial charge in [0.15, 0.2) is 12.6 Å². The van der Waals surface area contributed by atoms with E-state index in [1.165, 1.54) is 17.0 Å². The summed E-state index contributed by atoms with van der Waals surface area (Å²) in [6, 6.07) is 10.6. The SMILES string of the molecule is CCOC(=O)C[N+]1(C(=O)OCc2ccccc2)CCCCC1C(=O)Nc1cn(C(=O)C2CCCCN2C(=O)O)c2cccnc12. The molecule has 5 rings (SSSR count). The summed E-state index contributed by atoms with van der Waals surface area (Å²) in [5, 5.41) is 12.6. The molecular formula is C32H38N5O8+. The number of rotatable bonds is 8. The zero-order chi connectivity index (χ0) is 32.0. The number of nitrogens with one attached hydrogen (secondary N) is 1. The second kappa shape index (κ2) is 13.9. The second-order valence-corrected chi connectivity index (χ2v) is 11.4. The fourth-order valence-electron chi connectivity index (χ4n) is 6.37. The Morgan fingerprint density at radius 2 is 1.78 bits per heavy atom. The predicted molar refractivity (Wildman–Crippen MR) is 162 cm³/mol. The molecule has 3 aromatic rings. The highest BCUT2D eigenvalue weighted by atomic mass is 16.6. The van der Waals surface area contributed by atoms with Gasteiger partial charge >= 0.3 is 18.2 Å². The molecule has 2 fully saturated rings. The van der Waals surface area contributed by atoms with E-state index in [1.54, 1.807) is 19.1 Å². The molecule has 0 saturated carbocycles. The van der Waals surface area contributed by atoms with Gasteiger partial charge in [-0.25, -0.2) is 14.1 Å². The van der Waals surface area contributed by atoms with Crippen molar-refractivity contribution in [2.45, 2.75) is 64.1 Å². The van der Waals surface area contributed by atoms with Crippen LogP contribution in [0.5, 0.6) is 0 Å². The van der Waals surface area contributed by atoms with Crippen LogP contribution >= 0.6 is 0 Å². The number of anilines is 1. The number of aromatic nitrogens is 2. The number of likely N-dealkylation sites (tertiary alicyclic amines) is 2. The monoisotopic (exact) mass is 620 g/mol. The number of esters is 1. The molecule has 4 heterocycles. The van der Waals surface area contributed by atoms with Crippen LogP contribution in [-0.4, -0.2) is 92.3 Å². The van der Waals surface area contributed by atoms with Crippen molar-refractivity contribution in [3.8, 4) is 0 Å². The standard InChI is InChI=1S/C32H37N5O8/c1-2-44-27(38)20-37(32(43)45-21-22-11-4-3-5-12-22)18-9-7-15-26(37)29(39)34-23-19-36(24-14-10-16-33-28(23)24)30(40)25-13-6-8-17-35(25)31(41)42/h3-5,10-12,14,16,19,25-26H,2,6-9,13,15,17-18,20-21H2,1H3,(H-,34,39,41,42)/p+1. The van der Waals surface area contributed by atoms with Gasteiger partial charge in [-0.2, -0.15) is 4.79 Å². The molecule has 3 atom stereocenters. The highest BCUT2D eigenvalue weighted by Crippen LogP contribution is 2.32. The lowest BCUT2D eigenvalue weighted by Crippen LogP contribution is -2.67. The lowest BCUT2D eigenvalue weighted by Gasteiger charge is -2.41. The Bertz CT molecular complexity index is 1570. The summed E-state index contributed by atoms with van der Waals surface area (Å²) in [4.78, 5) is 71.8. The predicted octanol–water partition coefficient (Wildman–Crippen LogP) is 4.42. The molecule has 238 valence electrons. The molecule has 0 spiro atoms. The summed E-state index contributed by atoms with van der Waals surface area (Å²) in [5.74, 6) is -1.59. The summed E-state index contributed by atoms with van der Waals surface area (Å²) in [6.07, 6.45) is 4.44. The van der Waals surface area contributed by atoms with Crippen molar-refractivity contribution in [3.05, 3.63) is 60.4 Å². The average molecular weight is 621 g/mol. The molecule has 2 aliphatic heterocycles. The number of piperidine rings is 2. The van der Waals surface area contributed by atoms with Crippen LogP contribution in [0.25, 0.3) is 11.0 Å². The second-order valence-electron chi connectivity index (χ2n) is 11.4. The minimum absolute atomic E-state index is 0.0229. The number of benzene rings is 1. The Hall–Kier alpha value is -4.78. The molecule has 3 unspecified atom stereocenters. The van der Waals surface area contributed by atoms with Gasteiger partial charge in [0.25, 0.3) is 11.8 Å². The maximum Gasteiger partial charge on any atom is 0.517 e. The fraction of sp³-hybridized carbons (Fsp3) is 0.438. The smallest absolute Gasteiger partial charge is 0.465 e. The van der Waals surface area contributed by atoms with Crippen LogP contribution in [-0.2, 0) is 25.7 Å². The van der Waals surface area contributed by atoms with Crippen LogP contribution in [0.3, 0.4) is 0 Å². The molecule has 0 aliphatic carbocycles. The molecule has 2 saturated heterocycles. The van der Waals surface area contributed by atoms with E-state index in [9.17, 15) is 29.1 Å². The maximum atomic E-state index is 14.1. The molecule has 1 aromatic carbocycles. The van der Waals surface area contributed by atoms with Crippen LogP contribution in [0.4, 0.5) is 15.3 Å². The lowest BCUT2D eigenvalue weighted by molar-refractivity contribution is -0.871. The number of hydrogen-bond acceptors (Lipinski definition) is 8. The van der Waals surface area contributed by atoms with Crippen LogP contribution in [0, 0.1) is 0 Å². The van der Waals surface area contributed by atoms with E-state index in [0.29, 0.717) is 49.6 Å². The quantitative estimate of drug-likeness (QED) is 0.275. The Morgan fingerprint density at radius 3 is 2.53 bits per heavy atom. The normalized spacial score (nSPS) is 21.6. The number of ether oxygens (including phenoxy) is 2. The third-order valence-corrected chi connectivity index (χ3v) is 8.56. The fourth-order valence-corrected chi connectivity index (χ4v) is 6.37. The number of amides is 3. The van der Waals surface area contributed by atoms with E-state index in [-0.39, 0.29) is 38.5 Å². The third-order valence-electron chi connectivity index (χ3n) is 8.56. The van der Waals surface area contributed by atoms with Gasteiger partial charge in [0.05, 0.1) is 24.4 Å².